The van der Waals surface area contributed by atoms with Crippen LogP contribution in [0.4, 0.5) is 0 Å². The van der Waals surface area contributed by atoms with E-state index in [1.165, 1.54) is 0 Å². The molecule has 0 unspecified atom stereocenters. The highest BCUT2D eigenvalue weighted by atomic mass is 16.6. The molecule has 0 bridgehead atoms. The first-order chi connectivity index (χ1) is 14.7. The number of carbonyl (C=O) groups excluding carboxylic acids is 1. The zero-order valence-corrected chi connectivity index (χ0v) is 16.4. The monoisotopic (exact) mass is 404 g/mol. The molecule has 4 aromatic rings. The van der Waals surface area contributed by atoms with Crippen molar-refractivity contribution in [3.05, 3.63) is 77.2 Å². The Kier molecular flexibility index (Phi) is 4.72. The number of hydrogen-bond acceptors (Lipinski definition) is 7. The van der Waals surface area contributed by atoms with Crippen molar-refractivity contribution < 1.29 is 23.1 Å². The van der Waals surface area contributed by atoms with Crippen molar-refractivity contribution in [1.29, 1.82) is 0 Å². The third-order valence-corrected chi connectivity index (χ3v) is 5.04. The number of benzene rings is 1. The molecule has 5 rings (SSSR count). The molecule has 4 heterocycles. The lowest BCUT2D eigenvalue weighted by Crippen LogP contribution is -2.15. The summed E-state index contributed by atoms with van der Waals surface area (Å²) in [5.41, 5.74) is 2.79. The van der Waals surface area contributed by atoms with Gasteiger partial charge in [-0.3, -0.25) is 9.78 Å². The number of aryl methyl sites for hydroxylation is 1. The summed E-state index contributed by atoms with van der Waals surface area (Å²) in [6.45, 7) is 4.01. The van der Waals surface area contributed by atoms with Gasteiger partial charge in [-0.1, -0.05) is 0 Å². The molecule has 0 spiro atoms. The van der Waals surface area contributed by atoms with Gasteiger partial charge in [0, 0.05) is 23.7 Å². The van der Waals surface area contributed by atoms with Gasteiger partial charge in [-0.05, 0) is 48.9 Å². The number of fused-ring (bicyclic) bond motifs is 2. The van der Waals surface area contributed by atoms with Crippen LogP contribution in [0.3, 0.4) is 0 Å². The van der Waals surface area contributed by atoms with Crippen LogP contribution in [0.25, 0.3) is 11.0 Å². The maximum atomic E-state index is 13.1. The first-order valence-corrected chi connectivity index (χ1v) is 9.74. The number of carbonyl (C=O) groups is 1. The maximum Gasteiger partial charge on any atom is 0.228 e. The molecule has 0 saturated heterocycles. The Morgan fingerprint density at radius 1 is 1.10 bits per heavy atom. The molecule has 0 fully saturated rings. The van der Waals surface area contributed by atoms with Gasteiger partial charge in [-0.25, -0.2) is 0 Å². The van der Waals surface area contributed by atoms with Gasteiger partial charge in [0.05, 0.1) is 18.5 Å². The van der Waals surface area contributed by atoms with E-state index in [0.29, 0.717) is 48.9 Å². The first-order valence-electron chi connectivity index (χ1n) is 9.74. The average molecular weight is 404 g/mol. The summed E-state index contributed by atoms with van der Waals surface area (Å²) in [7, 11) is 0. The van der Waals surface area contributed by atoms with Gasteiger partial charge in [0.15, 0.2) is 22.8 Å². The molecule has 1 aliphatic rings. The van der Waals surface area contributed by atoms with Crippen LogP contribution < -0.4 is 14.8 Å². The number of hydrogen-bond donors (Lipinski definition) is 1. The van der Waals surface area contributed by atoms with Gasteiger partial charge in [0.1, 0.15) is 19.0 Å². The molecule has 7 heteroatoms. The van der Waals surface area contributed by atoms with E-state index in [0.717, 1.165) is 22.4 Å². The van der Waals surface area contributed by atoms with E-state index in [1.807, 2.05) is 19.1 Å². The third kappa shape index (κ3) is 3.44. The Morgan fingerprint density at radius 3 is 2.80 bits per heavy atom. The number of furan rings is 2. The molecule has 152 valence electrons. The lowest BCUT2D eigenvalue weighted by atomic mass is 10.1. The molecule has 1 N–H and O–H groups in total. The van der Waals surface area contributed by atoms with E-state index in [9.17, 15) is 4.79 Å². The summed E-state index contributed by atoms with van der Waals surface area (Å²) in [5, 5.41) is 4.20. The number of ether oxygens (including phenoxy) is 2. The number of pyridine rings is 1. The van der Waals surface area contributed by atoms with Crippen LogP contribution in [0.1, 0.15) is 33.1 Å². The van der Waals surface area contributed by atoms with Crippen LogP contribution in [0.2, 0.25) is 0 Å². The highest BCUT2D eigenvalue weighted by Gasteiger charge is 2.20. The molecule has 3 aromatic heterocycles. The predicted octanol–water partition coefficient (Wildman–Crippen LogP) is 4.02. The summed E-state index contributed by atoms with van der Waals surface area (Å²) in [4.78, 5) is 17.5. The van der Waals surface area contributed by atoms with Gasteiger partial charge in [-0.2, -0.15) is 0 Å². The van der Waals surface area contributed by atoms with Crippen molar-refractivity contribution in [3.63, 3.8) is 0 Å². The smallest absolute Gasteiger partial charge is 0.228 e. The quantitative estimate of drug-likeness (QED) is 0.486. The van der Waals surface area contributed by atoms with Crippen molar-refractivity contribution >= 4 is 16.8 Å². The standard InChI is InChI=1S/C23H20N2O5/c1-14-23-18(16(12-25-14)11-24-13-17-3-2-6-27-17)10-21(30-23)22(26)15-4-5-19-20(9-15)29-8-7-28-19/h2-6,9-10,12,24H,7-8,11,13H2,1H3. The van der Waals surface area contributed by atoms with Crippen LogP contribution in [-0.2, 0) is 13.1 Å². The molecular weight excluding hydrogens is 384 g/mol. The van der Waals surface area contributed by atoms with E-state index in [-0.39, 0.29) is 11.5 Å². The second-order valence-corrected chi connectivity index (χ2v) is 7.09. The first kappa shape index (κ1) is 18.4. The Balaban J connectivity index is 1.42. The van der Waals surface area contributed by atoms with E-state index in [2.05, 4.69) is 10.3 Å². The Bertz CT molecular complexity index is 1210. The average Bonchev–Trinajstić information content (AvgIpc) is 3.45. The minimum atomic E-state index is -0.211. The Labute approximate surface area is 172 Å². The van der Waals surface area contributed by atoms with Crippen LogP contribution in [0, 0.1) is 6.92 Å². The number of nitrogens with zero attached hydrogens (tertiary/aromatic N) is 1. The van der Waals surface area contributed by atoms with Gasteiger partial charge in [-0.15, -0.1) is 0 Å². The number of ketones is 1. The highest BCUT2D eigenvalue weighted by Crippen LogP contribution is 2.32. The highest BCUT2D eigenvalue weighted by molar-refractivity contribution is 6.09. The molecule has 30 heavy (non-hydrogen) atoms. The molecular formula is C23H20N2O5. The Morgan fingerprint density at radius 2 is 1.97 bits per heavy atom. The number of nitrogens with one attached hydrogen (secondary N) is 1. The van der Waals surface area contributed by atoms with Crippen molar-refractivity contribution in [2.24, 2.45) is 0 Å². The second-order valence-electron chi connectivity index (χ2n) is 7.09. The largest absolute Gasteiger partial charge is 0.486 e. The van der Waals surface area contributed by atoms with Crippen LogP contribution in [-0.4, -0.2) is 24.0 Å². The number of rotatable bonds is 6. The van der Waals surface area contributed by atoms with Gasteiger partial charge < -0.3 is 23.6 Å². The second kappa shape index (κ2) is 7.68. The topological polar surface area (TPSA) is 86.7 Å². The summed E-state index contributed by atoms with van der Waals surface area (Å²) in [6, 6.07) is 10.7. The minimum Gasteiger partial charge on any atom is -0.486 e. The number of aromatic nitrogens is 1. The molecule has 7 nitrogen and oxygen atoms in total. The Hall–Kier alpha value is -3.58. The normalized spacial score (nSPS) is 13.0. The lowest BCUT2D eigenvalue weighted by molar-refractivity contribution is 0.101. The van der Waals surface area contributed by atoms with Crippen molar-refractivity contribution in [1.82, 2.24) is 10.3 Å². The van der Waals surface area contributed by atoms with Crippen LogP contribution >= 0.6 is 0 Å². The fraction of sp³-hybridized carbons (Fsp3) is 0.217. The predicted molar refractivity (Wildman–Crippen MR) is 109 cm³/mol. The van der Waals surface area contributed by atoms with Crippen molar-refractivity contribution in [2.75, 3.05) is 13.2 Å². The van der Waals surface area contributed by atoms with Gasteiger partial charge >= 0.3 is 0 Å². The SMILES string of the molecule is Cc1ncc(CNCc2ccco2)c2cc(C(=O)c3ccc4c(c3)OCCO4)oc12. The fourth-order valence-corrected chi connectivity index (χ4v) is 3.51. The zero-order valence-electron chi connectivity index (χ0n) is 16.4. The van der Waals surface area contributed by atoms with Crippen LogP contribution in [0.5, 0.6) is 11.5 Å². The maximum absolute atomic E-state index is 13.1. The molecule has 0 radical (unpaired) electrons. The van der Waals surface area contributed by atoms with Crippen LogP contribution in [0.15, 0.2) is 57.7 Å². The van der Waals surface area contributed by atoms with Gasteiger partial charge in [0.2, 0.25) is 5.78 Å². The summed E-state index contributed by atoms with van der Waals surface area (Å²) < 4.78 is 22.4. The molecule has 1 aromatic carbocycles. The van der Waals surface area contributed by atoms with Gasteiger partial charge in [0.25, 0.3) is 0 Å². The molecule has 1 aliphatic heterocycles. The summed E-state index contributed by atoms with van der Waals surface area (Å²) >= 11 is 0. The molecule has 0 atom stereocenters. The molecule has 0 saturated carbocycles. The van der Waals surface area contributed by atoms with E-state index in [1.54, 1.807) is 36.7 Å². The van der Waals surface area contributed by atoms with Crippen molar-refractivity contribution in [3.8, 4) is 11.5 Å². The fourth-order valence-electron chi connectivity index (χ4n) is 3.51. The van der Waals surface area contributed by atoms with E-state index >= 15 is 0 Å². The third-order valence-electron chi connectivity index (χ3n) is 5.04. The molecule has 0 aliphatic carbocycles. The summed E-state index contributed by atoms with van der Waals surface area (Å²) in [5.74, 6) is 2.13. The van der Waals surface area contributed by atoms with E-state index in [4.69, 9.17) is 18.3 Å². The van der Waals surface area contributed by atoms with E-state index < -0.39 is 0 Å². The zero-order chi connectivity index (χ0) is 20.5. The lowest BCUT2D eigenvalue weighted by Gasteiger charge is -2.18. The summed E-state index contributed by atoms with van der Waals surface area (Å²) in [6.07, 6.45) is 3.45. The van der Waals surface area contributed by atoms with Crippen molar-refractivity contribution in [2.45, 2.75) is 20.0 Å². The minimum absolute atomic E-state index is 0.211. The molecule has 0 amide bonds.